The zero-order chi connectivity index (χ0) is 15.5. The fraction of sp³-hybridized carbons (Fsp3) is 0.500. The highest BCUT2D eigenvalue weighted by atomic mass is 79.9. The van der Waals surface area contributed by atoms with Crippen molar-refractivity contribution in [3.63, 3.8) is 0 Å². The van der Waals surface area contributed by atoms with E-state index in [1.54, 1.807) is 0 Å². The highest BCUT2D eigenvalue weighted by molar-refractivity contribution is 9.09. The van der Waals surface area contributed by atoms with Crippen LogP contribution in [0.15, 0.2) is 18.2 Å². The number of hydrogen-bond donors (Lipinski definition) is 1. The summed E-state index contributed by atoms with van der Waals surface area (Å²) in [6.07, 6.45) is 5.02. The van der Waals surface area contributed by atoms with Gasteiger partial charge in [0.15, 0.2) is 0 Å². The van der Waals surface area contributed by atoms with Crippen molar-refractivity contribution in [2.24, 2.45) is 0 Å². The number of carbonyl (C=O) groups is 1. The molecule has 114 valence electrons. The minimum Gasteiger partial charge on any atom is -0.346 e. The van der Waals surface area contributed by atoms with E-state index in [9.17, 15) is 14.9 Å². The molecular weight excluding hydrogens is 360 g/mol. The molecule has 1 fully saturated rings. The first kappa shape index (κ1) is 16.2. The largest absolute Gasteiger partial charge is 0.346 e. The SMILES string of the molecule is O=C(NC1(CBr)CCCCC1)c1ccc(Cl)cc1[N+](=O)[O-]. The Morgan fingerprint density at radius 3 is 2.62 bits per heavy atom. The predicted octanol–water partition coefficient (Wildman–Crippen LogP) is 4.08. The van der Waals surface area contributed by atoms with E-state index < -0.39 is 10.8 Å². The van der Waals surface area contributed by atoms with Gasteiger partial charge in [0.05, 0.1) is 10.5 Å². The fourth-order valence-corrected chi connectivity index (χ4v) is 3.54. The van der Waals surface area contributed by atoms with Gasteiger partial charge < -0.3 is 5.32 Å². The van der Waals surface area contributed by atoms with Crippen LogP contribution in [0.3, 0.4) is 0 Å². The lowest BCUT2D eigenvalue weighted by Gasteiger charge is -2.36. The Morgan fingerprint density at radius 2 is 2.05 bits per heavy atom. The number of hydrogen-bond acceptors (Lipinski definition) is 3. The van der Waals surface area contributed by atoms with Gasteiger partial charge in [-0.1, -0.05) is 46.8 Å². The second-order valence-corrected chi connectivity index (χ2v) is 6.34. The zero-order valence-corrected chi connectivity index (χ0v) is 13.7. The van der Waals surface area contributed by atoms with Gasteiger partial charge in [-0.3, -0.25) is 14.9 Å². The monoisotopic (exact) mass is 374 g/mol. The van der Waals surface area contributed by atoms with E-state index in [1.165, 1.54) is 18.2 Å². The number of nitrogens with zero attached hydrogens (tertiary/aromatic N) is 1. The Morgan fingerprint density at radius 1 is 1.38 bits per heavy atom. The highest BCUT2D eigenvalue weighted by Crippen LogP contribution is 2.31. The molecule has 1 aliphatic rings. The summed E-state index contributed by atoms with van der Waals surface area (Å²) in [5, 5.41) is 14.9. The predicted molar refractivity (Wildman–Crippen MR) is 85.2 cm³/mol. The Hall–Kier alpha value is -1.14. The Kier molecular flexibility index (Phi) is 5.22. The van der Waals surface area contributed by atoms with Crippen LogP contribution in [0.4, 0.5) is 5.69 Å². The molecule has 0 spiro atoms. The van der Waals surface area contributed by atoms with Crippen LogP contribution in [0, 0.1) is 10.1 Å². The molecule has 0 aromatic heterocycles. The van der Waals surface area contributed by atoms with Gasteiger partial charge in [-0.15, -0.1) is 0 Å². The van der Waals surface area contributed by atoms with Crippen LogP contribution < -0.4 is 5.32 Å². The summed E-state index contributed by atoms with van der Waals surface area (Å²) in [6.45, 7) is 0. The van der Waals surface area contributed by atoms with Crippen molar-refractivity contribution in [2.45, 2.75) is 37.6 Å². The van der Waals surface area contributed by atoms with Crippen molar-refractivity contribution in [1.82, 2.24) is 5.32 Å². The molecule has 1 aromatic rings. The van der Waals surface area contributed by atoms with Gasteiger partial charge in [0.25, 0.3) is 11.6 Å². The molecule has 21 heavy (non-hydrogen) atoms. The van der Waals surface area contributed by atoms with Gasteiger partial charge in [-0.25, -0.2) is 0 Å². The van der Waals surface area contributed by atoms with Crippen LogP contribution in [0.5, 0.6) is 0 Å². The molecule has 0 unspecified atom stereocenters. The second kappa shape index (κ2) is 6.75. The number of alkyl halides is 1. The third-order valence-electron chi connectivity index (χ3n) is 3.85. The van der Waals surface area contributed by atoms with Crippen LogP contribution in [-0.4, -0.2) is 21.7 Å². The maximum absolute atomic E-state index is 12.4. The van der Waals surface area contributed by atoms with Crippen molar-refractivity contribution in [3.8, 4) is 0 Å². The van der Waals surface area contributed by atoms with E-state index in [4.69, 9.17) is 11.6 Å². The average molecular weight is 376 g/mol. The van der Waals surface area contributed by atoms with E-state index in [0.717, 1.165) is 32.1 Å². The third-order valence-corrected chi connectivity index (χ3v) is 5.15. The smallest absolute Gasteiger partial charge is 0.283 e. The van der Waals surface area contributed by atoms with Crippen molar-refractivity contribution in [2.75, 3.05) is 5.33 Å². The molecular formula is C14H16BrClN2O3. The van der Waals surface area contributed by atoms with E-state index in [0.29, 0.717) is 5.33 Å². The minimum absolute atomic E-state index is 0.0512. The molecule has 7 heteroatoms. The van der Waals surface area contributed by atoms with Gasteiger partial charge >= 0.3 is 0 Å². The number of benzene rings is 1. The number of rotatable bonds is 4. The molecule has 1 amide bonds. The maximum atomic E-state index is 12.4. The number of nitrogens with one attached hydrogen (secondary N) is 1. The Labute approximate surface area is 136 Å². The maximum Gasteiger partial charge on any atom is 0.283 e. The van der Waals surface area contributed by atoms with Crippen molar-refractivity contribution in [3.05, 3.63) is 38.9 Å². The van der Waals surface area contributed by atoms with Gasteiger partial charge in [-0.2, -0.15) is 0 Å². The topological polar surface area (TPSA) is 72.2 Å². The van der Waals surface area contributed by atoms with Gasteiger partial charge in [0.2, 0.25) is 0 Å². The first-order valence-corrected chi connectivity index (χ1v) is 8.30. The lowest BCUT2D eigenvalue weighted by atomic mass is 9.83. The molecule has 1 aliphatic carbocycles. The van der Waals surface area contributed by atoms with Gasteiger partial charge in [-0.05, 0) is 25.0 Å². The summed E-state index contributed by atoms with van der Waals surface area (Å²) in [4.78, 5) is 22.9. The first-order valence-electron chi connectivity index (χ1n) is 6.80. The number of halogens is 2. The number of nitro groups is 1. The van der Waals surface area contributed by atoms with Crippen molar-refractivity contribution in [1.29, 1.82) is 0 Å². The molecule has 1 aromatic carbocycles. The van der Waals surface area contributed by atoms with Crippen LogP contribution in [0.2, 0.25) is 5.02 Å². The molecule has 0 atom stereocenters. The average Bonchev–Trinajstić information content (AvgIpc) is 2.47. The molecule has 0 aliphatic heterocycles. The summed E-state index contributed by atoms with van der Waals surface area (Å²) in [5.74, 6) is -0.417. The minimum atomic E-state index is -0.581. The van der Waals surface area contributed by atoms with E-state index in [-0.39, 0.29) is 21.8 Å². The van der Waals surface area contributed by atoms with Crippen LogP contribution >= 0.6 is 27.5 Å². The van der Waals surface area contributed by atoms with E-state index >= 15 is 0 Å². The lowest BCUT2D eigenvalue weighted by molar-refractivity contribution is -0.385. The molecule has 0 saturated heterocycles. The van der Waals surface area contributed by atoms with Crippen molar-refractivity contribution < 1.29 is 9.72 Å². The van der Waals surface area contributed by atoms with E-state index in [1.807, 2.05) is 0 Å². The summed E-state index contributed by atoms with van der Waals surface area (Å²) in [7, 11) is 0. The normalized spacial score (nSPS) is 17.2. The quantitative estimate of drug-likeness (QED) is 0.490. The second-order valence-electron chi connectivity index (χ2n) is 5.35. The lowest BCUT2D eigenvalue weighted by Crippen LogP contribution is -2.51. The Bertz CT molecular complexity index is 559. The number of nitro benzene ring substituents is 1. The summed E-state index contributed by atoms with van der Waals surface area (Å²) >= 11 is 9.23. The molecule has 1 N–H and O–H groups in total. The van der Waals surface area contributed by atoms with Crippen LogP contribution in [0.1, 0.15) is 42.5 Å². The first-order chi connectivity index (χ1) is 9.97. The Balaban J connectivity index is 2.25. The standard InChI is InChI=1S/C14H16BrClN2O3/c15-9-14(6-2-1-3-7-14)17-13(19)11-5-4-10(16)8-12(11)18(20)21/h4-5,8H,1-3,6-7,9H2,(H,17,19). The summed E-state index contributed by atoms with van der Waals surface area (Å²) in [5.41, 5.74) is -0.529. The summed E-state index contributed by atoms with van der Waals surface area (Å²) in [6, 6.07) is 4.10. The molecule has 1 saturated carbocycles. The van der Waals surface area contributed by atoms with Crippen LogP contribution in [0.25, 0.3) is 0 Å². The van der Waals surface area contributed by atoms with Crippen molar-refractivity contribution >= 4 is 39.1 Å². The molecule has 0 radical (unpaired) electrons. The molecule has 5 nitrogen and oxygen atoms in total. The van der Waals surface area contributed by atoms with Crippen LogP contribution in [-0.2, 0) is 0 Å². The third kappa shape index (κ3) is 3.74. The summed E-state index contributed by atoms with van der Waals surface area (Å²) < 4.78 is 0. The number of amides is 1. The highest BCUT2D eigenvalue weighted by Gasteiger charge is 2.34. The fourth-order valence-electron chi connectivity index (χ4n) is 2.68. The molecule has 2 rings (SSSR count). The van der Waals surface area contributed by atoms with E-state index in [2.05, 4.69) is 21.2 Å². The molecule has 0 bridgehead atoms. The van der Waals surface area contributed by atoms with Gasteiger partial charge in [0.1, 0.15) is 5.56 Å². The van der Waals surface area contributed by atoms with Gasteiger partial charge in [0, 0.05) is 16.4 Å². The molecule has 0 heterocycles. The number of carbonyl (C=O) groups excluding carboxylic acids is 1. The zero-order valence-electron chi connectivity index (χ0n) is 11.4.